The van der Waals surface area contributed by atoms with E-state index in [1.807, 2.05) is 63.2 Å². The summed E-state index contributed by atoms with van der Waals surface area (Å²) in [6.45, 7) is 7.66. The Morgan fingerprint density at radius 3 is 2.47 bits per heavy atom. The Labute approximate surface area is 192 Å². The number of hydrogen-bond acceptors (Lipinski definition) is 4. The lowest BCUT2D eigenvalue weighted by molar-refractivity contribution is -0.126. The number of rotatable bonds is 9. The maximum absolute atomic E-state index is 13.0. The standard InChI is InChI=1S/C25H34N2O4S/c1-19-10-11-24(20(2)18-19)32(29,30)27-15-12-23(13-16-27)25(28)26-14-7-17-31-21(3)22-8-5-4-6-9-22/h4-6,8-11,18,21,23H,7,12-17H2,1-3H3,(H,26,28)/t21-/m1/s1. The minimum atomic E-state index is -3.53. The van der Waals surface area contributed by atoms with Gasteiger partial charge < -0.3 is 10.1 Å². The maximum Gasteiger partial charge on any atom is 0.243 e. The highest BCUT2D eigenvalue weighted by atomic mass is 32.2. The first kappa shape index (κ1) is 24.4. The molecule has 2 aromatic carbocycles. The van der Waals surface area contributed by atoms with Gasteiger partial charge >= 0.3 is 0 Å². The summed E-state index contributed by atoms with van der Waals surface area (Å²) in [5.41, 5.74) is 2.93. The lowest BCUT2D eigenvalue weighted by atomic mass is 9.97. The Morgan fingerprint density at radius 2 is 1.81 bits per heavy atom. The maximum atomic E-state index is 13.0. The number of nitrogens with zero attached hydrogens (tertiary/aromatic N) is 1. The fourth-order valence-electron chi connectivity index (χ4n) is 4.09. The summed E-state index contributed by atoms with van der Waals surface area (Å²) in [7, 11) is -3.53. The van der Waals surface area contributed by atoms with Crippen molar-refractivity contribution < 1.29 is 17.9 Å². The minimum Gasteiger partial charge on any atom is -0.374 e. The van der Waals surface area contributed by atoms with Gasteiger partial charge in [-0.25, -0.2) is 8.42 Å². The molecule has 0 aromatic heterocycles. The van der Waals surface area contributed by atoms with E-state index in [1.54, 1.807) is 6.07 Å². The van der Waals surface area contributed by atoms with Crippen LogP contribution in [0.4, 0.5) is 0 Å². The summed E-state index contributed by atoms with van der Waals surface area (Å²) in [5, 5.41) is 2.98. The largest absolute Gasteiger partial charge is 0.374 e. The van der Waals surface area contributed by atoms with E-state index in [0.29, 0.717) is 44.0 Å². The molecule has 1 aliphatic heterocycles. The number of benzene rings is 2. The van der Waals surface area contributed by atoms with Crippen LogP contribution in [0.1, 0.15) is 49.0 Å². The molecule has 0 spiro atoms. The third-order valence-corrected chi connectivity index (χ3v) is 8.09. The first-order chi connectivity index (χ1) is 15.3. The van der Waals surface area contributed by atoms with Gasteiger partial charge in [0.15, 0.2) is 0 Å². The molecule has 1 heterocycles. The Morgan fingerprint density at radius 1 is 1.12 bits per heavy atom. The van der Waals surface area contributed by atoms with Gasteiger partial charge in [-0.3, -0.25) is 4.79 Å². The fourth-order valence-corrected chi connectivity index (χ4v) is 5.77. The van der Waals surface area contributed by atoms with Crippen molar-refractivity contribution in [3.05, 3.63) is 65.2 Å². The number of ether oxygens (including phenoxy) is 1. The number of carbonyl (C=O) groups excluding carboxylic acids is 1. The van der Waals surface area contributed by atoms with Gasteiger partial charge in [-0.1, -0.05) is 48.0 Å². The van der Waals surface area contributed by atoms with E-state index < -0.39 is 10.0 Å². The van der Waals surface area contributed by atoms with Gasteiger partial charge in [-0.05, 0) is 57.2 Å². The molecule has 32 heavy (non-hydrogen) atoms. The van der Waals surface area contributed by atoms with Crippen LogP contribution in [0.25, 0.3) is 0 Å². The second kappa shape index (κ2) is 11.1. The van der Waals surface area contributed by atoms with Crippen LogP contribution in [0.5, 0.6) is 0 Å². The molecule has 3 rings (SSSR count). The van der Waals surface area contributed by atoms with Crippen LogP contribution in [-0.2, 0) is 19.6 Å². The number of sulfonamides is 1. The quantitative estimate of drug-likeness (QED) is 0.577. The van der Waals surface area contributed by atoms with Crippen molar-refractivity contribution in [2.45, 2.75) is 51.0 Å². The van der Waals surface area contributed by atoms with E-state index >= 15 is 0 Å². The monoisotopic (exact) mass is 458 g/mol. The lowest BCUT2D eigenvalue weighted by Gasteiger charge is -2.31. The molecule has 1 amide bonds. The molecule has 0 unspecified atom stereocenters. The summed E-state index contributed by atoms with van der Waals surface area (Å²) in [6, 6.07) is 15.4. The van der Waals surface area contributed by atoms with Gasteiger partial charge in [0.1, 0.15) is 0 Å². The van der Waals surface area contributed by atoms with Crippen LogP contribution < -0.4 is 5.32 Å². The van der Waals surface area contributed by atoms with E-state index in [0.717, 1.165) is 23.1 Å². The van der Waals surface area contributed by atoms with Gasteiger partial charge in [0.25, 0.3) is 0 Å². The Bertz CT molecular complexity index is 1000. The molecule has 1 aliphatic rings. The minimum absolute atomic E-state index is 0.00433. The van der Waals surface area contributed by atoms with E-state index in [4.69, 9.17) is 4.74 Å². The molecule has 0 radical (unpaired) electrons. The van der Waals surface area contributed by atoms with Crippen LogP contribution in [0.15, 0.2) is 53.4 Å². The second-order valence-corrected chi connectivity index (χ2v) is 10.4. The molecule has 1 fully saturated rings. The molecular formula is C25H34N2O4S. The zero-order chi connectivity index (χ0) is 23.1. The van der Waals surface area contributed by atoms with E-state index in [1.165, 1.54) is 4.31 Å². The zero-order valence-electron chi connectivity index (χ0n) is 19.2. The Balaban J connectivity index is 1.39. The van der Waals surface area contributed by atoms with Crippen molar-refractivity contribution in [3.8, 4) is 0 Å². The SMILES string of the molecule is Cc1ccc(S(=O)(=O)N2CCC(C(=O)NCCCO[C@H](C)c3ccccc3)CC2)c(C)c1. The van der Waals surface area contributed by atoms with Crippen molar-refractivity contribution in [3.63, 3.8) is 0 Å². The number of nitrogens with one attached hydrogen (secondary N) is 1. The number of hydrogen-bond donors (Lipinski definition) is 1. The average Bonchev–Trinajstić information content (AvgIpc) is 2.79. The van der Waals surface area contributed by atoms with Crippen molar-refractivity contribution >= 4 is 15.9 Å². The molecule has 0 bridgehead atoms. The summed E-state index contributed by atoms with van der Waals surface area (Å²) in [4.78, 5) is 12.9. The third kappa shape index (κ3) is 6.18. The predicted molar refractivity (Wildman–Crippen MR) is 126 cm³/mol. The van der Waals surface area contributed by atoms with Gasteiger partial charge in [0.05, 0.1) is 11.0 Å². The average molecular weight is 459 g/mol. The van der Waals surface area contributed by atoms with Crippen LogP contribution in [0.3, 0.4) is 0 Å². The van der Waals surface area contributed by atoms with E-state index in [9.17, 15) is 13.2 Å². The zero-order valence-corrected chi connectivity index (χ0v) is 20.0. The van der Waals surface area contributed by atoms with Crippen LogP contribution in [0.2, 0.25) is 0 Å². The molecule has 1 N–H and O–H groups in total. The highest BCUT2D eigenvalue weighted by Gasteiger charge is 2.32. The molecule has 0 saturated carbocycles. The molecule has 1 saturated heterocycles. The molecule has 1 atom stereocenters. The Hall–Kier alpha value is -2.22. The number of amides is 1. The Kier molecular flexibility index (Phi) is 8.45. The first-order valence-corrected chi connectivity index (χ1v) is 12.7. The highest BCUT2D eigenvalue weighted by molar-refractivity contribution is 7.89. The number of piperidine rings is 1. The normalized spacial score (nSPS) is 16.6. The summed E-state index contributed by atoms with van der Waals surface area (Å²) >= 11 is 0. The fraction of sp³-hybridized carbons (Fsp3) is 0.480. The molecule has 6 nitrogen and oxygen atoms in total. The van der Waals surface area contributed by atoms with Crippen molar-refractivity contribution in [1.29, 1.82) is 0 Å². The van der Waals surface area contributed by atoms with Crippen molar-refractivity contribution in [1.82, 2.24) is 9.62 Å². The summed E-state index contributed by atoms with van der Waals surface area (Å²) < 4.78 is 33.4. The lowest BCUT2D eigenvalue weighted by Crippen LogP contribution is -2.43. The van der Waals surface area contributed by atoms with Crippen molar-refractivity contribution in [2.75, 3.05) is 26.2 Å². The van der Waals surface area contributed by atoms with Gasteiger partial charge in [0, 0.05) is 32.2 Å². The number of carbonyl (C=O) groups is 1. The van der Waals surface area contributed by atoms with Gasteiger partial charge in [0.2, 0.25) is 15.9 Å². The first-order valence-electron chi connectivity index (χ1n) is 11.3. The molecule has 174 valence electrons. The van der Waals surface area contributed by atoms with Gasteiger partial charge in [-0.15, -0.1) is 0 Å². The smallest absolute Gasteiger partial charge is 0.243 e. The summed E-state index contributed by atoms with van der Waals surface area (Å²) in [6.07, 6.45) is 1.84. The predicted octanol–water partition coefficient (Wildman–Crippen LogP) is 3.99. The van der Waals surface area contributed by atoms with E-state index in [2.05, 4.69) is 5.32 Å². The molecule has 2 aromatic rings. The van der Waals surface area contributed by atoms with Gasteiger partial charge in [-0.2, -0.15) is 4.31 Å². The molecule has 7 heteroatoms. The topological polar surface area (TPSA) is 75.7 Å². The number of aryl methyl sites for hydroxylation is 2. The van der Waals surface area contributed by atoms with Crippen LogP contribution in [-0.4, -0.2) is 44.9 Å². The van der Waals surface area contributed by atoms with Crippen molar-refractivity contribution in [2.24, 2.45) is 5.92 Å². The highest BCUT2D eigenvalue weighted by Crippen LogP contribution is 2.26. The van der Waals surface area contributed by atoms with Crippen LogP contribution >= 0.6 is 0 Å². The second-order valence-electron chi connectivity index (χ2n) is 8.52. The third-order valence-electron chi connectivity index (χ3n) is 6.03. The molecular weight excluding hydrogens is 424 g/mol. The summed E-state index contributed by atoms with van der Waals surface area (Å²) in [5.74, 6) is -0.144. The van der Waals surface area contributed by atoms with E-state index in [-0.39, 0.29) is 17.9 Å². The van der Waals surface area contributed by atoms with Crippen LogP contribution in [0, 0.1) is 19.8 Å². The molecule has 0 aliphatic carbocycles.